The number of likely N-dealkylation sites (tertiary alicyclic amines) is 1. The molecule has 0 spiro atoms. The predicted octanol–water partition coefficient (Wildman–Crippen LogP) is 2.20. The molecule has 2 amide bonds. The summed E-state index contributed by atoms with van der Waals surface area (Å²) in [5, 5.41) is 2.98. The van der Waals surface area contributed by atoms with Gasteiger partial charge in [-0.05, 0) is 44.0 Å². The number of amides is 2. The fourth-order valence-corrected chi connectivity index (χ4v) is 3.63. The highest BCUT2D eigenvalue weighted by atomic mass is 16.5. The summed E-state index contributed by atoms with van der Waals surface area (Å²) in [4.78, 5) is 35.5. The molecule has 1 fully saturated rings. The fourth-order valence-electron chi connectivity index (χ4n) is 3.63. The van der Waals surface area contributed by atoms with Gasteiger partial charge in [-0.1, -0.05) is 12.1 Å². The Morgan fingerprint density at radius 3 is 2.72 bits per heavy atom. The Bertz CT molecular complexity index is 864. The van der Waals surface area contributed by atoms with Gasteiger partial charge in [0.15, 0.2) is 0 Å². The molecule has 2 heterocycles. The number of nitrogens with zero attached hydrogens (tertiary/aromatic N) is 3. The Morgan fingerprint density at radius 1 is 1.24 bits per heavy atom. The third kappa shape index (κ3) is 5.76. The Hall–Kier alpha value is -2.96. The maximum absolute atomic E-state index is 12.6. The van der Waals surface area contributed by atoms with E-state index in [1.807, 2.05) is 44.2 Å². The van der Waals surface area contributed by atoms with E-state index >= 15 is 0 Å². The highest BCUT2D eigenvalue weighted by molar-refractivity contribution is 5.83. The van der Waals surface area contributed by atoms with Crippen LogP contribution in [0.2, 0.25) is 0 Å². The SMILES string of the molecule is COc1cccc(CN2C[C@H](C(=O)NCCc3nc(C)cc(C)n3)CCC2=O)c1. The molecule has 1 aliphatic heterocycles. The molecule has 0 unspecified atom stereocenters. The van der Waals surface area contributed by atoms with E-state index in [9.17, 15) is 9.59 Å². The molecule has 154 valence electrons. The Kier molecular flexibility index (Phi) is 6.80. The molecule has 0 aliphatic carbocycles. The van der Waals surface area contributed by atoms with E-state index in [0.717, 1.165) is 28.5 Å². The lowest BCUT2D eigenvalue weighted by Gasteiger charge is -2.32. The monoisotopic (exact) mass is 396 g/mol. The van der Waals surface area contributed by atoms with Crippen molar-refractivity contribution in [2.45, 2.75) is 39.7 Å². The number of aromatic nitrogens is 2. The quantitative estimate of drug-likeness (QED) is 0.776. The fraction of sp³-hybridized carbons (Fsp3) is 0.455. The second kappa shape index (κ2) is 9.49. The molecule has 7 heteroatoms. The van der Waals surface area contributed by atoms with Crippen LogP contribution in [0, 0.1) is 19.8 Å². The first-order chi connectivity index (χ1) is 13.9. The van der Waals surface area contributed by atoms with Crippen LogP contribution in [0.1, 0.15) is 35.6 Å². The van der Waals surface area contributed by atoms with E-state index in [1.165, 1.54) is 0 Å². The molecule has 1 N–H and O–H groups in total. The summed E-state index contributed by atoms with van der Waals surface area (Å²) in [5.41, 5.74) is 2.85. The van der Waals surface area contributed by atoms with Crippen LogP contribution < -0.4 is 10.1 Å². The average molecular weight is 396 g/mol. The van der Waals surface area contributed by atoms with Crippen molar-refractivity contribution in [1.82, 2.24) is 20.2 Å². The molecule has 1 aromatic heterocycles. The molecule has 1 aromatic carbocycles. The highest BCUT2D eigenvalue weighted by Gasteiger charge is 2.30. The third-order valence-corrected chi connectivity index (χ3v) is 5.05. The van der Waals surface area contributed by atoms with Gasteiger partial charge in [0.05, 0.1) is 13.0 Å². The van der Waals surface area contributed by atoms with Gasteiger partial charge >= 0.3 is 0 Å². The standard InChI is InChI=1S/C22H28N4O3/c1-15-11-16(2)25-20(24-15)9-10-23-22(28)18-7-8-21(27)26(14-18)13-17-5-4-6-19(12-17)29-3/h4-6,11-12,18H,7-10,13-14H2,1-3H3,(H,23,28)/t18-/m1/s1. The molecule has 7 nitrogen and oxygen atoms in total. The number of carbonyl (C=O) groups is 2. The van der Waals surface area contributed by atoms with Crippen molar-refractivity contribution in [1.29, 1.82) is 0 Å². The zero-order valence-corrected chi connectivity index (χ0v) is 17.3. The lowest BCUT2D eigenvalue weighted by atomic mass is 9.96. The Labute approximate surface area is 171 Å². The van der Waals surface area contributed by atoms with Crippen LogP contribution in [0.5, 0.6) is 5.75 Å². The smallest absolute Gasteiger partial charge is 0.224 e. The van der Waals surface area contributed by atoms with Crippen LogP contribution in [0.4, 0.5) is 0 Å². The summed E-state index contributed by atoms with van der Waals surface area (Å²) in [6.07, 6.45) is 1.56. The van der Waals surface area contributed by atoms with E-state index < -0.39 is 0 Å². The predicted molar refractivity (Wildman–Crippen MR) is 109 cm³/mol. The van der Waals surface area contributed by atoms with Gasteiger partial charge in [-0.25, -0.2) is 9.97 Å². The average Bonchev–Trinajstić information content (AvgIpc) is 2.69. The minimum atomic E-state index is -0.196. The Balaban J connectivity index is 1.53. The maximum Gasteiger partial charge on any atom is 0.224 e. The van der Waals surface area contributed by atoms with Crippen LogP contribution in [-0.4, -0.2) is 46.9 Å². The summed E-state index contributed by atoms with van der Waals surface area (Å²) in [6.45, 7) is 5.28. The van der Waals surface area contributed by atoms with Crippen LogP contribution >= 0.6 is 0 Å². The zero-order valence-electron chi connectivity index (χ0n) is 17.3. The van der Waals surface area contributed by atoms with Crippen LogP contribution in [0.3, 0.4) is 0 Å². The van der Waals surface area contributed by atoms with Crippen molar-refractivity contribution in [3.8, 4) is 5.75 Å². The maximum atomic E-state index is 12.6. The molecule has 0 radical (unpaired) electrons. The van der Waals surface area contributed by atoms with Crippen molar-refractivity contribution < 1.29 is 14.3 Å². The minimum Gasteiger partial charge on any atom is -0.497 e. The molecule has 0 bridgehead atoms. The molecule has 1 aliphatic rings. The van der Waals surface area contributed by atoms with Crippen molar-refractivity contribution in [2.24, 2.45) is 5.92 Å². The Morgan fingerprint density at radius 2 is 2.00 bits per heavy atom. The first-order valence-corrected chi connectivity index (χ1v) is 9.94. The van der Waals surface area contributed by atoms with Gasteiger partial charge in [-0.2, -0.15) is 0 Å². The van der Waals surface area contributed by atoms with Gasteiger partial charge in [0.25, 0.3) is 0 Å². The molecule has 1 atom stereocenters. The van der Waals surface area contributed by atoms with Crippen molar-refractivity contribution in [3.63, 3.8) is 0 Å². The summed E-state index contributed by atoms with van der Waals surface area (Å²) in [5.74, 6) is 1.37. The number of methoxy groups -OCH3 is 1. The number of rotatable bonds is 7. The molecule has 3 rings (SSSR count). The third-order valence-electron chi connectivity index (χ3n) is 5.05. The van der Waals surface area contributed by atoms with Crippen LogP contribution in [-0.2, 0) is 22.6 Å². The second-order valence-corrected chi connectivity index (χ2v) is 7.47. The molecule has 0 saturated carbocycles. The van der Waals surface area contributed by atoms with E-state index in [0.29, 0.717) is 38.9 Å². The number of hydrogen-bond donors (Lipinski definition) is 1. The molecular weight excluding hydrogens is 368 g/mol. The number of piperidine rings is 1. The van der Waals surface area contributed by atoms with Crippen molar-refractivity contribution in [2.75, 3.05) is 20.2 Å². The lowest BCUT2D eigenvalue weighted by molar-refractivity contribution is -0.138. The molecule has 2 aromatic rings. The van der Waals surface area contributed by atoms with Gasteiger partial charge in [-0.3, -0.25) is 9.59 Å². The van der Waals surface area contributed by atoms with Gasteiger partial charge in [-0.15, -0.1) is 0 Å². The van der Waals surface area contributed by atoms with E-state index in [-0.39, 0.29) is 17.7 Å². The normalized spacial score (nSPS) is 16.6. The second-order valence-electron chi connectivity index (χ2n) is 7.47. The van der Waals surface area contributed by atoms with Crippen LogP contribution in [0.25, 0.3) is 0 Å². The zero-order chi connectivity index (χ0) is 20.8. The van der Waals surface area contributed by atoms with E-state index in [2.05, 4.69) is 15.3 Å². The molecule has 1 saturated heterocycles. The van der Waals surface area contributed by atoms with Gasteiger partial charge < -0.3 is 15.0 Å². The number of ether oxygens (including phenoxy) is 1. The van der Waals surface area contributed by atoms with Gasteiger partial charge in [0.1, 0.15) is 11.6 Å². The molecule has 29 heavy (non-hydrogen) atoms. The summed E-state index contributed by atoms with van der Waals surface area (Å²) < 4.78 is 5.25. The summed E-state index contributed by atoms with van der Waals surface area (Å²) in [6, 6.07) is 9.58. The number of aryl methyl sites for hydroxylation is 2. The summed E-state index contributed by atoms with van der Waals surface area (Å²) >= 11 is 0. The van der Waals surface area contributed by atoms with Gasteiger partial charge in [0.2, 0.25) is 11.8 Å². The number of carbonyl (C=O) groups excluding carboxylic acids is 2. The van der Waals surface area contributed by atoms with E-state index in [4.69, 9.17) is 4.74 Å². The van der Waals surface area contributed by atoms with Gasteiger partial charge in [0, 0.05) is 43.9 Å². The number of benzene rings is 1. The lowest BCUT2D eigenvalue weighted by Crippen LogP contribution is -2.45. The summed E-state index contributed by atoms with van der Waals surface area (Å²) in [7, 11) is 1.62. The van der Waals surface area contributed by atoms with Crippen LogP contribution in [0.15, 0.2) is 30.3 Å². The number of nitrogens with one attached hydrogen (secondary N) is 1. The minimum absolute atomic E-state index is 0.0162. The van der Waals surface area contributed by atoms with Crippen molar-refractivity contribution in [3.05, 3.63) is 53.1 Å². The van der Waals surface area contributed by atoms with Crippen molar-refractivity contribution >= 4 is 11.8 Å². The molecular formula is C22H28N4O3. The van der Waals surface area contributed by atoms with E-state index in [1.54, 1.807) is 12.0 Å². The topological polar surface area (TPSA) is 84.4 Å². The first-order valence-electron chi connectivity index (χ1n) is 9.94. The first kappa shape index (κ1) is 20.8. The highest BCUT2D eigenvalue weighted by Crippen LogP contribution is 2.21. The number of hydrogen-bond acceptors (Lipinski definition) is 5. The largest absolute Gasteiger partial charge is 0.497 e.